The lowest BCUT2D eigenvalue weighted by Crippen LogP contribution is -2.06. The van der Waals surface area contributed by atoms with Gasteiger partial charge >= 0.3 is 11.9 Å². The van der Waals surface area contributed by atoms with Crippen LogP contribution in [0, 0.1) is 5.92 Å². The van der Waals surface area contributed by atoms with Crippen LogP contribution in [0.15, 0.2) is 24.3 Å². The maximum Gasteiger partial charge on any atom is 0.331 e. The Hall–Kier alpha value is -1.58. The number of carbonyl (C=O) groups is 2. The van der Waals surface area contributed by atoms with Crippen molar-refractivity contribution in [2.24, 2.45) is 5.92 Å². The van der Waals surface area contributed by atoms with Gasteiger partial charge in [0.15, 0.2) is 0 Å². The predicted octanol–water partition coefficient (Wildman–Crippen LogP) is 3.42. The highest BCUT2D eigenvalue weighted by molar-refractivity contribution is 5.91. The average Bonchev–Trinajstić information content (AvgIpc) is 2.41. The first kappa shape index (κ1) is 18.4. The molecule has 0 heterocycles. The molecule has 0 radical (unpaired) electrons. The van der Waals surface area contributed by atoms with Gasteiger partial charge in [-0.25, -0.2) is 9.59 Å². The first-order chi connectivity index (χ1) is 9.56. The summed E-state index contributed by atoms with van der Waals surface area (Å²) in [5.41, 5.74) is 0. The highest BCUT2D eigenvalue weighted by atomic mass is 16.5. The molecular weight excluding hydrogens is 256 g/mol. The van der Waals surface area contributed by atoms with Gasteiger partial charge in [0, 0.05) is 12.2 Å². The molecule has 0 rings (SSSR count). The molecule has 0 atom stereocenters. The molecule has 0 bridgehead atoms. The van der Waals surface area contributed by atoms with E-state index in [1.54, 1.807) is 0 Å². The fourth-order valence-corrected chi connectivity index (χ4v) is 1.41. The Kier molecular flexibility index (Phi) is 11.5. The molecule has 0 N–H and O–H groups in total. The van der Waals surface area contributed by atoms with E-state index in [2.05, 4.69) is 13.8 Å². The van der Waals surface area contributed by atoms with Crippen LogP contribution in [0.3, 0.4) is 0 Å². The molecule has 0 aromatic heterocycles. The molecule has 0 saturated heterocycles. The average molecular weight is 282 g/mol. The Labute approximate surface area is 121 Å². The third-order valence-electron chi connectivity index (χ3n) is 2.46. The first-order valence-corrected chi connectivity index (χ1v) is 7.22. The van der Waals surface area contributed by atoms with Gasteiger partial charge in [0.05, 0.1) is 13.2 Å². The molecular formula is C16H26O4. The fourth-order valence-electron chi connectivity index (χ4n) is 1.41. The number of ether oxygens (including phenoxy) is 2. The summed E-state index contributed by atoms with van der Waals surface area (Å²) in [5.74, 6) is -0.424. The Morgan fingerprint density at radius 3 is 2.15 bits per heavy atom. The lowest BCUT2D eigenvalue weighted by molar-refractivity contribution is -0.140. The zero-order valence-corrected chi connectivity index (χ0v) is 12.8. The van der Waals surface area contributed by atoms with Crippen LogP contribution in [-0.2, 0) is 19.1 Å². The summed E-state index contributed by atoms with van der Waals surface area (Å²) in [6.45, 7) is 6.99. The maximum absolute atomic E-state index is 11.3. The van der Waals surface area contributed by atoms with Crippen molar-refractivity contribution in [1.29, 1.82) is 0 Å². The number of esters is 2. The van der Waals surface area contributed by atoms with Gasteiger partial charge in [0.25, 0.3) is 0 Å². The van der Waals surface area contributed by atoms with Crippen molar-refractivity contribution in [3.8, 4) is 0 Å². The van der Waals surface area contributed by atoms with Crippen LogP contribution in [0.2, 0.25) is 0 Å². The van der Waals surface area contributed by atoms with E-state index in [-0.39, 0.29) is 0 Å². The fraction of sp³-hybridized carbons (Fsp3) is 0.625. The normalized spacial score (nSPS) is 11.4. The summed E-state index contributed by atoms with van der Waals surface area (Å²) in [6.07, 6.45) is 9.70. The summed E-state index contributed by atoms with van der Waals surface area (Å²) in [6, 6.07) is 0. The predicted molar refractivity (Wildman–Crippen MR) is 79.2 cm³/mol. The molecule has 4 nitrogen and oxygen atoms in total. The molecule has 0 amide bonds. The zero-order valence-electron chi connectivity index (χ0n) is 12.8. The smallest absolute Gasteiger partial charge is 0.331 e. The van der Waals surface area contributed by atoms with Gasteiger partial charge in [-0.2, -0.15) is 0 Å². The number of hydrogen-bond acceptors (Lipinski definition) is 4. The summed E-state index contributed by atoms with van der Waals surface area (Å²) < 4.78 is 9.87. The lowest BCUT2D eigenvalue weighted by Gasteiger charge is -2.04. The molecule has 0 aromatic rings. The van der Waals surface area contributed by atoms with E-state index in [0.717, 1.165) is 31.4 Å². The second kappa shape index (κ2) is 12.5. The van der Waals surface area contributed by atoms with E-state index in [1.807, 2.05) is 19.1 Å². The standard InChI is InChI=1S/C16H26O4/c1-4-5-6-7-12-19-15(17)10-11-16(18)20-13-8-9-14(2)3/h5-6,10-11,14H,4,7-9,12-13H2,1-3H3/b6-5+,11-10+. The van der Waals surface area contributed by atoms with Crippen molar-refractivity contribution >= 4 is 11.9 Å². The Balaban J connectivity index is 3.67. The van der Waals surface area contributed by atoms with Crippen molar-refractivity contribution in [3.05, 3.63) is 24.3 Å². The molecule has 114 valence electrons. The van der Waals surface area contributed by atoms with Crippen LogP contribution in [0.4, 0.5) is 0 Å². The minimum Gasteiger partial charge on any atom is -0.463 e. The second-order valence-electron chi connectivity index (χ2n) is 4.87. The molecule has 0 saturated carbocycles. The lowest BCUT2D eigenvalue weighted by atomic mass is 10.1. The van der Waals surface area contributed by atoms with Crippen LogP contribution in [0.25, 0.3) is 0 Å². The topological polar surface area (TPSA) is 52.6 Å². The van der Waals surface area contributed by atoms with Crippen LogP contribution >= 0.6 is 0 Å². The van der Waals surface area contributed by atoms with Gasteiger partial charge in [-0.1, -0.05) is 32.9 Å². The SMILES string of the molecule is CC/C=C/CCOC(=O)/C=C/C(=O)OCCCC(C)C. The van der Waals surface area contributed by atoms with Crippen molar-refractivity contribution < 1.29 is 19.1 Å². The summed E-state index contributed by atoms with van der Waals surface area (Å²) in [4.78, 5) is 22.5. The molecule has 20 heavy (non-hydrogen) atoms. The van der Waals surface area contributed by atoms with Gasteiger partial charge < -0.3 is 9.47 Å². The van der Waals surface area contributed by atoms with Gasteiger partial charge in [-0.05, 0) is 31.6 Å². The summed E-state index contributed by atoms with van der Waals surface area (Å²) >= 11 is 0. The second-order valence-corrected chi connectivity index (χ2v) is 4.87. The summed E-state index contributed by atoms with van der Waals surface area (Å²) in [7, 11) is 0. The number of rotatable bonds is 10. The van der Waals surface area contributed by atoms with Crippen LogP contribution in [-0.4, -0.2) is 25.2 Å². The highest BCUT2D eigenvalue weighted by Crippen LogP contribution is 2.03. The van der Waals surface area contributed by atoms with E-state index < -0.39 is 11.9 Å². The van der Waals surface area contributed by atoms with Crippen LogP contribution < -0.4 is 0 Å². The molecule has 0 aromatic carbocycles. The number of carbonyl (C=O) groups excluding carboxylic acids is 2. The Morgan fingerprint density at radius 2 is 1.60 bits per heavy atom. The molecule has 0 aliphatic rings. The van der Waals surface area contributed by atoms with Crippen LogP contribution in [0.5, 0.6) is 0 Å². The number of hydrogen-bond donors (Lipinski definition) is 0. The quantitative estimate of drug-likeness (QED) is 0.267. The molecule has 4 heteroatoms. The van der Waals surface area contributed by atoms with Crippen molar-refractivity contribution in [3.63, 3.8) is 0 Å². The largest absolute Gasteiger partial charge is 0.463 e. The van der Waals surface area contributed by atoms with Crippen molar-refractivity contribution in [2.45, 2.75) is 46.5 Å². The third kappa shape index (κ3) is 12.9. The molecule has 0 aliphatic heterocycles. The molecule has 0 fully saturated rings. The third-order valence-corrected chi connectivity index (χ3v) is 2.46. The first-order valence-electron chi connectivity index (χ1n) is 7.22. The molecule has 0 unspecified atom stereocenters. The van der Waals surface area contributed by atoms with Crippen molar-refractivity contribution in [2.75, 3.05) is 13.2 Å². The zero-order chi connectivity index (χ0) is 15.2. The Bertz CT molecular complexity index is 329. The summed E-state index contributed by atoms with van der Waals surface area (Å²) in [5, 5.41) is 0. The van der Waals surface area contributed by atoms with Gasteiger partial charge in [0.1, 0.15) is 0 Å². The molecule has 0 spiro atoms. The minimum atomic E-state index is -0.519. The Morgan fingerprint density at radius 1 is 1.00 bits per heavy atom. The minimum absolute atomic E-state index is 0.323. The van der Waals surface area contributed by atoms with E-state index in [0.29, 0.717) is 25.6 Å². The van der Waals surface area contributed by atoms with Gasteiger partial charge in [-0.15, -0.1) is 0 Å². The highest BCUT2D eigenvalue weighted by Gasteiger charge is 2.01. The molecule has 0 aliphatic carbocycles. The van der Waals surface area contributed by atoms with E-state index in [1.165, 1.54) is 0 Å². The van der Waals surface area contributed by atoms with E-state index in [9.17, 15) is 9.59 Å². The monoisotopic (exact) mass is 282 g/mol. The van der Waals surface area contributed by atoms with E-state index in [4.69, 9.17) is 9.47 Å². The number of allylic oxidation sites excluding steroid dienone is 1. The maximum atomic E-state index is 11.3. The van der Waals surface area contributed by atoms with E-state index >= 15 is 0 Å². The van der Waals surface area contributed by atoms with Gasteiger partial charge in [0.2, 0.25) is 0 Å². The van der Waals surface area contributed by atoms with Crippen molar-refractivity contribution in [1.82, 2.24) is 0 Å². The van der Waals surface area contributed by atoms with Crippen LogP contribution in [0.1, 0.15) is 46.5 Å². The van der Waals surface area contributed by atoms with Gasteiger partial charge in [-0.3, -0.25) is 0 Å².